The lowest BCUT2D eigenvalue weighted by Crippen LogP contribution is -2.40. The highest BCUT2D eigenvalue weighted by molar-refractivity contribution is 7.22. The van der Waals surface area contributed by atoms with Gasteiger partial charge < -0.3 is 19.1 Å². The molecule has 0 saturated heterocycles. The van der Waals surface area contributed by atoms with Crippen LogP contribution in [0.25, 0.3) is 10.2 Å². The molecule has 7 nitrogen and oxygen atoms in total. The smallest absolute Gasteiger partial charge is 0.298 e. The quantitative estimate of drug-likeness (QED) is 0.623. The molecule has 2 heterocycles. The standard InChI is InChI=1S/C20H27N3O4S.ClH/c1-5-22(6-2)9-10-23(19(24)16-13-26-11-12-27-16)20-21-17-15(25-4)8-7-14(3)18(17)28-20;/h7-8,13H,5-6,9-12H2,1-4H3;1H. The second-order valence-corrected chi connectivity index (χ2v) is 7.42. The number of carbonyl (C=O) groups is 1. The van der Waals surface area contributed by atoms with E-state index in [4.69, 9.17) is 19.2 Å². The second-order valence-electron chi connectivity index (χ2n) is 6.44. The molecule has 0 unspecified atom stereocenters. The van der Waals surface area contributed by atoms with Crippen LogP contribution in [0.15, 0.2) is 24.2 Å². The topological polar surface area (TPSA) is 64.1 Å². The Morgan fingerprint density at radius 3 is 2.62 bits per heavy atom. The Labute approximate surface area is 181 Å². The number of hydrogen-bond acceptors (Lipinski definition) is 7. The van der Waals surface area contributed by atoms with E-state index in [9.17, 15) is 4.79 Å². The van der Waals surface area contributed by atoms with Crippen molar-refractivity contribution in [3.8, 4) is 5.75 Å². The van der Waals surface area contributed by atoms with Gasteiger partial charge in [0, 0.05) is 13.1 Å². The van der Waals surface area contributed by atoms with Gasteiger partial charge in [-0.3, -0.25) is 9.69 Å². The van der Waals surface area contributed by atoms with Crippen LogP contribution in [0.5, 0.6) is 5.75 Å². The van der Waals surface area contributed by atoms with E-state index in [2.05, 4.69) is 18.7 Å². The number of thiazole rings is 1. The van der Waals surface area contributed by atoms with Crippen molar-refractivity contribution in [2.45, 2.75) is 20.8 Å². The first kappa shape index (κ1) is 23.3. The number of aromatic nitrogens is 1. The van der Waals surface area contributed by atoms with Gasteiger partial charge in [-0.2, -0.15) is 0 Å². The van der Waals surface area contributed by atoms with E-state index in [-0.39, 0.29) is 24.1 Å². The van der Waals surface area contributed by atoms with Gasteiger partial charge in [-0.05, 0) is 31.6 Å². The number of nitrogens with zero attached hydrogens (tertiary/aromatic N) is 3. The number of carbonyl (C=O) groups excluding carboxylic acids is 1. The predicted molar refractivity (Wildman–Crippen MR) is 118 cm³/mol. The molecule has 160 valence electrons. The minimum Gasteiger partial charge on any atom is -0.494 e. The van der Waals surface area contributed by atoms with Gasteiger partial charge in [0.15, 0.2) is 5.13 Å². The van der Waals surface area contributed by atoms with Crippen LogP contribution in [0.3, 0.4) is 0 Å². The van der Waals surface area contributed by atoms with Crippen LogP contribution in [0.2, 0.25) is 0 Å². The summed E-state index contributed by atoms with van der Waals surface area (Å²) in [5, 5.41) is 0.634. The predicted octanol–water partition coefficient (Wildman–Crippen LogP) is 3.60. The molecular weight excluding hydrogens is 414 g/mol. The summed E-state index contributed by atoms with van der Waals surface area (Å²) in [5.41, 5.74) is 1.88. The summed E-state index contributed by atoms with van der Waals surface area (Å²) >= 11 is 1.49. The molecule has 0 radical (unpaired) electrons. The molecule has 0 saturated carbocycles. The molecule has 1 aliphatic heterocycles. The highest BCUT2D eigenvalue weighted by Gasteiger charge is 2.27. The largest absolute Gasteiger partial charge is 0.494 e. The summed E-state index contributed by atoms with van der Waals surface area (Å²) in [7, 11) is 1.63. The summed E-state index contributed by atoms with van der Waals surface area (Å²) in [6.07, 6.45) is 1.40. The highest BCUT2D eigenvalue weighted by atomic mass is 35.5. The average molecular weight is 442 g/mol. The molecule has 2 aromatic rings. The fourth-order valence-corrected chi connectivity index (χ4v) is 4.13. The minimum absolute atomic E-state index is 0. The van der Waals surface area contributed by atoms with Crippen molar-refractivity contribution in [3.05, 3.63) is 29.7 Å². The van der Waals surface area contributed by atoms with E-state index < -0.39 is 0 Å². The molecule has 0 N–H and O–H groups in total. The summed E-state index contributed by atoms with van der Waals surface area (Å²) in [6, 6.07) is 3.91. The molecular formula is C20H28ClN3O4S. The number of likely N-dealkylation sites (N-methyl/N-ethyl adjacent to an activating group) is 1. The molecule has 9 heteroatoms. The summed E-state index contributed by atoms with van der Waals surface area (Å²) < 4.78 is 17.3. The lowest BCUT2D eigenvalue weighted by Gasteiger charge is -2.26. The van der Waals surface area contributed by atoms with Crippen LogP contribution in [-0.2, 0) is 14.3 Å². The third-order valence-corrected chi connectivity index (χ3v) is 6.00. The normalized spacial score (nSPS) is 13.3. The Morgan fingerprint density at radius 2 is 2.00 bits per heavy atom. The molecule has 1 aromatic heterocycles. The lowest BCUT2D eigenvalue weighted by atomic mass is 10.2. The number of hydrogen-bond donors (Lipinski definition) is 0. The van der Waals surface area contributed by atoms with Crippen molar-refractivity contribution in [1.29, 1.82) is 0 Å². The van der Waals surface area contributed by atoms with Crippen molar-refractivity contribution in [2.24, 2.45) is 0 Å². The van der Waals surface area contributed by atoms with Gasteiger partial charge in [-0.1, -0.05) is 31.3 Å². The SMILES string of the molecule is CCN(CC)CCN(C(=O)C1=COCCO1)c1nc2c(OC)ccc(C)c2s1.Cl. The van der Waals surface area contributed by atoms with Gasteiger partial charge in [-0.15, -0.1) is 12.4 Å². The first-order chi connectivity index (χ1) is 13.6. The molecule has 3 rings (SSSR count). The van der Waals surface area contributed by atoms with Crippen LogP contribution in [0.4, 0.5) is 5.13 Å². The van der Waals surface area contributed by atoms with Crippen LogP contribution in [0.1, 0.15) is 19.4 Å². The zero-order valence-corrected chi connectivity index (χ0v) is 18.9. The zero-order chi connectivity index (χ0) is 20.1. The number of anilines is 1. The number of halogens is 1. The van der Waals surface area contributed by atoms with E-state index in [0.29, 0.717) is 30.6 Å². The number of amides is 1. The molecule has 1 amide bonds. The average Bonchev–Trinajstić information content (AvgIpc) is 3.18. The van der Waals surface area contributed by atoms with Crippen LogP contribution < -0.4 is 9.64 Å². The third kappa shape index (κ3) is 5.12. The number of fused-ring (bicyclic) bond motifs is 1. The number of rotatable bonds is 8. The van der Waals surface area contributed by atoms with Crippen molar-refractivity contribution in [3.63, 3.8) is 0 Å². The van der Waals surface area contributed by atoms with Gasteiger partial charge >= 0.3 is 0 Å². The van der Waals surface area contributed by atoms with E-state index >= 15 is 0 Å². The maximum atomic E-state index is 13.2. The molecule has 29 heavy (non-hydrogen) atoms. The minimum atomic E-state index is -0.234. The maximum absolute atomic E-state index is 13.2. The molecule has 1 aliphatic rings. The number of ether oxygens (including phenoxy) is 3. The Hall–Kier alpha value is -2.03. The van der Waals surface area contributed by atoms with Crippen LogP contribution in [-0.4, -0.2) is 62.3 Å². The molecule has 0 fully saturated rings. The Morgan fingerprint density at radius 1 is 1.24 bits per heavy atom. The molecule has 1 aromatic carbocycles. The molecule has 0 spiro atoms. The second kappa shape index (κ2) is 10.7. The number of aryl methyl sites for hydroxylation is 1. The summed E-state index contributed by atoms with van der Waals surface area (Å²) in [5.74, 6) is 0.687. The van der Waals surface area contributed by atoms with Crippen molar-refractivity contribution in [1.82, 2.24) is 9.88 Å². The van der Waals surface area contributed by atoms with Gasteiger partial charge in [0.05, 0.1) is 11.8 Å². The first-order valence-corrected chi connectivity index (χ1v) is 10.3. The highest BCUT2D eigenvalue weighted by Crippen LogP contribution is 2.36. The van der Waals surface area contributed by atoms with Crippen LogP contribution >= 0.6 is 23.7 Å². The van der Waals surface area contributed by atoms with Crippen LogP contribution in [0, 0.1) is 6.92 Å². The Balaban J connectivity index is 0.00000300. The van der Waals surface area contributed by atoms with Gasteiger partial charge in [0.2, 0.25) is 5.76 Å². The Bertz CT molecular complexity index is 867. The van der Waals surface area contributed by atoms with E-state index in [1.165, 1.54) is 17.6 Å². The van der Waals surface area contributed by atoms with Crippen molar-refractivity contribution >= 4 is 45.0 Å². The third-order valence-electron chi connectivity index (χ3n) is 4.78. The van der Waals surface area contributed by atoms with Gasteiger partial charge in [0.25, 0.3) is 5.91 Å². The zero-order valence-electron chi connectivity index (χ0n) is 17.3. The van der Waals surface area contributed by atoms with Gasteiger partial charge in [0.1, 0.15) is 30.7 Å². The summed E-state index contributed by atoms with van der Waals surface area (Å²) in [6.45, 7) is 10.2. The maximum Gasteiger partial charge on any atom is 0.298 e. The van der Waals surface area contributed by atoms with Crippen molar-refractivity contribution < 1.29 is 19.0 Å². The fraction of sp³-hybridized carbons (Fsp3) is 0.500. The molecule has 0 atom stereocenters. The summed E-state index contributed by atoms with van der Waals surface area (Å²) in [4.78, 5) is 21.9. The van der Waals surface area contributed by atoms with E-state index in [0.717, 1.165) is 35.4 Å². The van der Waals surface area contributed by atoms with Gasteiger partial charge in [-0.25, -0.2) is 4.98 Å². The fourth-order valence-electron chi connectivity index (χ4n) is 3.06. The number of methoxy groups -OCH3 is 1. The molecule has 0 aliphatic carbocycles. The molecule has 0 bridgehead atoms. The first-order valence-electron chi connectivity index (χ1n) is 9.51. The lowest BCUT2D eigenvalue weighted by molar-refractivity contribution is -0.119. The Kier molecular flexibility index (Phi) is 8.55. The van der Waals surface area contributed by atoms with E-state index in [1.54, 1.807) is 12.0 Å². The monoisotopic (exact) mass is 441 g/mol. The van der Waals surface area contributed by atoms with Crippen molar-refractivity contribution in [2.75, 3.05) is 51.4 Å². The number of benzene rings is 1. The van der Waals surface area contributed by atoms with E-state index in [1.807, 2.05) is 19.1 Å².